The normalized spacial score (nSPS) is 19.4. The Kier molecular flexibility index (Phi) is 6.05. The fraction of sp³-hybridized carbons (Fsp3) is 0.320. The Balaban J connectivity index is 1.93. The summed E-state index contributed by atoms with van der Waals surface area (Å²) in [6.45, 7) is 4.64. The van der Waals surface area contributed by atoms with Crippen LogP contribution >= 0.6 is 11.6 Å². The SMILES string of the molecule is C[C@@H]1Cc2c(oc3cc(Cl)ccc23)[C@@H](c2c(F)cc(/C=C/C(=O)O)cc2F)N1CC(C)(C)F. The summed E-state index contributed by atoms with van der Waals surface area (Å²) in [5.41, 5.74) is -0.538. The number of nitrogens with zero attached hydrogens (tertiary/aromatic N) is 1. The molecule has 4 nitrogen and oxygen atoms in total. The van der Waals surface area contributed by atoms with Crippen LogP contribution in [0.25, 0.3) is 17.0 Å². The van der Waals surface area contributed by atoms with Crippen LogP contribution in [0.1, 0.15) is 49.3 Å². The molecular formula is C25H23ClF3NO3. The van der Waals surface area contributed by atoms with E-state index in [1.807, 2.05) is 13.0 Å². The maximum Gasteiger partial charge on any atom is 0.328 e. The lowest BCUT2D eigenvalue weighted by molar-refractivity contribution is -0.131. The van der Waals surface area contributed by atoms with E-state index in [4.69, 9.17) is 21.1 Å². The Morgan fingerprint density at radius 2 is 1.94 bits per heavy atom. The largest absolute Gasteiger partial charge is 0.478 e. The molecule has 1 aliphatic rings. The van der Waals surface area contributed by atoms with Crippen molar-refractivity contribution in [1.82, 2.24) is 4.90 Å². The Morgan fingerprint density at radius 3 is 2.55 bits per heavy atom. The molecule has 0 amide bonds. The topological polar surface area (TPSA) is 53.7 Å². The van der Waals surface area contributed by atoms with Gasteiger partial charge in [-0.05, 0) is 63.1 Å². The predicted molar refractivity (Wildman–Crippen MR) is 121 cm³/mol. The standard InChI is InChI=1S/C25H23ClF3NO3/c1-13-8-17-16-6-5-15(26)11-20(16)33-24(17)23(30(13)12-25(2,3)29)22-18(27)9-14(10-19(22)28)4-7-21(31)32/h4-7,9-11,13,23H,8,12H2,1-3H3,(H,31,32)/b7-4+/t13-,23-/m1/s1. The average molecular weight is 478 g/mol. The minimum absolute atomic E-state index is 0.0639. The van der Waals surface area contributed by atoms with E-state index in [0.29, 0.717) is 22.8 Å². The molecule has 0 bridgehead atoms. The van der Waals surface area contributed by atoms with Gasteiger partial charge in [-0.25, -0.2) is 18.0 Å². The molecule has 4 rings (SSSR count). The highest BCUT2D eigenvalue weighted by atomic mass is 35.5. The first-order chi connectivity index (χ1) is 15.4. The summed E-state index contributed by atoms with van der Waals surface area (Å²) in [5, 5.41) is 10.1. The average Bonchev–Trinajstić information content (AvgIpc) is 3.04. The number of aliphatic carboxylic acids is 1. The van der Waals surface area contributed by atoms with E-state index >= 15 is 8.78 Å². The maximum absolute atomic E-state index is 15.4. The third-order valence-corrected chi connectivity index (χ3v) is 6.02. The number of fused-ring (bicyclic) bond motifs is 3. The van der Waals surface area contributed by atoms with Gasteiger partial charge >= 0.3 is 5.97 Å². The summed E-state index contributed by atoms with van der Waals surface area (Å²) in [4.78, 5) is 12.5. The lowest BCUT2D eigenvalue weighted by atomic mass is 9.87. The van der Waals surface area contributed by atoms with Gasteiger partial charge in [0, 0.05) is 46.3 Å². The Bertz CT molecular complexity index is 1240. The molecule has 0 spiro atoms. The van der Waals surface area contributed by atoms with Gasteiger partial charge in [-0.15, -0.1) is 0 Å². The molecule has 174 valence electrons. The number of rotatable bonds is 5. The zero-order valence-electron chi connectivity index (χ0n) is 18.3. The van der Waals surface area contributed by atoms with Gasteiger partial charge in [-0.1, -0.05) is 11.6 Å². The van der Waals surface area contributed by atoms with Crippen molar-refractivity contribution in [3.63, 3.8) is 0 Å². The van der Waals surface area contributed by atoms with Gasteiger partial charge in [0.25, 0.3) is 0 Å². The molecule has 3 aromatic rings. The number of carboxylic acids is 1. The Hall–Kier alpha value is -2.77. The van der Waals surface area contributed by atoms with Crippen LogP contribution in [-0.2, 0) is 11.2 Å². The first kappa shape index (κ1) is 23.4. The molecule has 1 aromatic heterocycles. The zero-order valence-corrected chi connectivity index (χ0v) is 19.1. The number of alkyl halides is 1. The first-order valence-electron chi connectivity index (χ1n) is 10.5. The molecule has 0 saturated carbocycles. The van der Waals surface area contributed by atoms with E-state index in [1.54, 1.807) is 17.0 Å². The summed E-state index contributed by atoms with van der Waals surface area (Å²) in [6, 6.07) is 6.06. The van der Waals surface area contributed by atoms with Crippen molar-refractivity contribution in [2.24, 2.45) is 0 Å². The van der Waals surface area contributed by atoms with Gasteiger partial charge in [0.1, 0.15) is 34.7 Å². The summed E-state index contributed by atoms with van der Waals surface area (Å²) in [6.07, 6.45) is 2.42. The smallest absolute Gasteiger partial charge is 0.328 e. The van der Waals surface area contributed by atoms with Gasteiger partial charge in [0.05, 0.1) is 0 Å². The van der Waals surface area contributed by atoms with Crippen LogP contribution in [-0.4, -0.2) is 34.2 Å². The quantitative estimate of drug-likeness (QED) is 0.423. The fourth-order valence-corrected chi connectivity index (χ4v) is 4.66. The van der Waals surface area contributed by atoms with Crippen molar-refractivity contribution in [1.29, 1.82) is 0 Å². The predicted octanol–water partition coefficient (Wildman–Crippen LogP) is 6.55. The minimum atomic E-state index is -1.63. The van der Waals surface area contributed by atoms with E-state index in [2.05, 4.69) is 0 Å². The first-order valence-corrected chi connectivity index (χ1v) is 10.9. The van der Waals surface area contributed by atoms with E-state index in [0.717, 1.165) is 35.2 Å². The molecule has 2 atom stereocenters. The molecule has 0 saturated heterocycles. The van der Waals surface area contributed by atoms with Gasteiger partial charge in [-0.3, -0.25) is 4.90 Å². The minimum Gasteiger partial charge on any atom is -0.478 e. The third-order valence-electron chi connectivity index (χ3n) is 5.78. The van der Waals surface area contributed by atoms with Crippen LogP contribution in [0.2, 0.25) is 5.02 Å². The van der Waals surface area contributed by atoms with Gasteiger partial charge in [0.15, 0.2) is 0 Å². The van der Waals surface area contributed by atoms with E-state index in [9.17, 15) is 9.18 Å². The van der Waals surface area contributed by atoms with Crippen LogP contribution in [0.5, 0.6) is 0 Å². The van der Waals surface area contributed by atoms with Crippen molar-refractivity contribution in [2.45, 2.75) is 44.9 Å². The number of carbonyl (C=O) groups is 1. The van der Waals surface area contributed by atoms with E-state index in [1.165, 1.54) is 13.8 Å². The molecule has 0 fully saturated rings. The van der Waals surface area contributed by atoms with Crippen LogP contribution in [0.3, 0.4) is 0 Å². The second-order valence-electron chi connectivity index (χ2n) is 9.00. The second-order valence-corrected chi connectivity index (χ2v) is 9.44. The Morgan fingerprint density at radius 1 is 1.27 bits per heavy atom. The molecular weight excluding hydrogens is 455 g/mol. The molecule has 1 N–H and O–H groups in total. The molecule has 0 unspecified atom stereocenters. The highest BCUT2D eigenvalue weighted by Gasteiger charge is 2.42. The summed E-state index contributed by atoms with van der Waals surface area (Å²) in [7, 11) is 0. The van der Waals surface area contributed by atoms with Crippen molar-refractivity contribution < 1.29 is 27.5 Å². The molecule has 1 aliphatic heterocycles. The maximum atomic E-state index is 15.4. The third kappa shape index (κ3) is 4.66. The Labute approximate surface area is 194 Å². The molecule has 8 heteroatoms. The van der Waals surface area contributed by atoms with Crippen molar-refractivity contribution >= 4 is 34.6 Å². The molecule has 2 heterocycles. The lowest BCUT2D eigenvalue weighted by Gasteiger charge is -2.42. The number of benzene rings is 2. The highest BCUT2D eigenvalue weighted by Crippen LogP contribution is 2.45. The molecule has 0 aliphatic carbocycles. The number of hydrogen-bond acceptors (Lipinski definition) is 3. The number of hydrogen-bond donors (Lipinski definition) is 1. The van der Waals surface area contributed by atoms with Crippen molar-refractivity contribution in [2.75, 3.05) is 6.54 Å². The van der Waals surface area contributed by atoms with E-state index in [-0.39, 0.29) is 23.7 Å². The van der Waals surface area contributed by atoms with Crippen LogP contribution in [0.4, 0.5) is 13.2 Å². The number of halogens is 4. The monoisotopic (exact) mass is 477 g/mol. The highest BCUT2D eigenvalue weighted by molar-refractivity contribution is 6.31. The summed E-state index contributed by atoms with van der Waals surface area (Å²) < 4.78 is 51.6. The number of furan rings is 1. The van der Waals surface area contributed by atoms with Gasteiger partial charge in [0.2, 0.25) is 0 Å². The second kappa shape index (κ2) is 8.54. The zero-order chi connectivity index (χ0) is 24.1. The van der Waals surface area contributed by atoms with Crippen LogP contribution in [0, 0.1) is 11.6 Å². The van der Waals surface area contributed by atoms with Crippen LogP contribution in [0.15, 0.2) is 40.8 Å². The van der Waals surface area contributed by atoms with Crippen LogP contribution < -0.4 is 0 Å². The number of carboxylic acid groups (broad SMARTS) is 1. The van der Waals surface area contributed by atoms with Crippen molar-refractivity contribution in [3.8, 4) is 0 Å². The summed E-state index contributed by atoms with van der Waals surface area (Å²) in [5.74, 6) is -2.63. The van der Waals surface area contributed by atoms with Gasteiger partial charge in [-0.2, -0.15) is 0 Å². The lowest BCUT2D eigenvalue weighted by Crippen LogP contribution is -2.48. The molecule has 2 aromatic carbocycles. The van der Waals surface area contributed by atoms with Crippen molar-refractivity contribution in [3.05, 3.63) is 75.5 Å². The summed E-state index contributed by atoms with van der Waals surface area (Å²) >= 11 is 6.11. The van der Waals surface area contributed by atoms with Gasteiger partial charge < -0.3 is 9.52 Å². The van der Waals surface area contributed by atoms with E-state index < -0.39 is 29.3 Å². The fourth-order valence-electron chi connectivity index (χ4n) is 4.50. The molecule has 33 heavy (non-hydrogen) atoms. The molecule has 0 radical (unpaired) electrons.